The summed E-state index contributed by atoms with van der Waals surface area (Å²) in [5, 5.41) is 3.25. The van der Waals surface area contributed by atoms with Gasteiger partial charge in [-0.15, -0.1) is 0 Å². The van der Waals surface area contributed by atoms with E-state index in [2.05, 4.69) is 19.2 Å². The molecule has 1 saturated carbocycles. The Morgan fingerprint density at radius 3 is 2.56 bits per heavy atom. The Kier molecular flexibility index (Phi) is 4.65. The number of hydrogen-bond acceptors (Lipinski definition) is 1. The van der Waals surface area contributed by atoms with E-state index < -0.39 is 12.6 Å². The SMILES string of the molecule is CC1(C)CCCC(NCCCC(F)(F)F)C1. The first-order valence-electron chi connectivity index (χ1n) is 6.09. The third-order valence-electron chi connectivity index (χ3n) is 3.28. The van der Waals surface area contributed by atoms with Crippen LogP contribution in [0.1, 0.15) is 52.4 Å². The number of halogens is 3. The van der Waals surface area contributed by atoms with Gasteiger partial charge >= 0.3 is 6.18 Å². The van der Waals surface area contributed by atoms with Crippen molar-refractivity contribution in [2.45, 2.75) is 64.6 Å². The van der Waals surface area contributed by atoms with E-state index in [9.17, 15) is 13.2 Å². The molecule has 0 radical (unpaired) electrons. The van der Waals surface area contributed by atoms with Crippen LogP contribution < -0.4 is 5.32 Å². The van der Waals surface area contributed by atoms with Crippen LogP contribution >= 0.6 is 0 Å². The van der Waals surface area contributed by atoms with Crippen molar-refractivity contribution < 1.29 is 13.2 Å². The molecule has 1 atom stereocenters. The van der Waals surface area contributed by atoms with E-state index in [1.807, 2.05) is 0 Å². The van der Waals surface area contributed by atoms with E-state index in [4.69, 9.17) is 0 Å². The lowest BCUT2D eigenvalue weighted by atomic mass is 9.75. The Morgan fingerprint density at radius 1 is 1.31 bits per heavy atom. The van der Waals surface area contributed by atoms with Gasteiger partial charge in [0, 0.05) is 12.5 Å². The molecule has 0 heterocycles. The summed E-state index contributed by atoms with van der Waals surface area (Å²) >= 11 is 0. The highest BCUT2D eigenvalue weighted by molar-refractivity contribution is 4.83. The number of rotatable bonds is 4. The second kappa shape index (κ2) is 5.39. The van der Waals surface area contributed by atoms with Crippen LogP contribution in [0.4, 0.5) is 13.2 Å². The van der Waals surface area contributed by atoms with Gasteiger partial charge < -0.3 is 5.32 Å². The second-order valence-electron chi connectivity index (χ2n) is 5.63. The van der Waals surface area contributed by atoms with E-state index in [-0.39, 0.29) is 6.42 Å². The first kappa shape index (κ1) is 13.8. The van der Waals surface area contributed by atoms with Crippen molar-refractivity contribution in [3.8, 4) is 0 Å². The molecule has 0 aromatic rings. The summed E-state index contributed by atoms with van der Waals surface area (Å²) in [4.78, 5) is 0. The Labute approximate surface area is 95.8 Å². The predicted octanol–water partition coefficient (Wildman–Crippen LogP) is 3.89. The molecule has 1 fully saturated rings. The van der Waals surface area contributed by atoms with Crippen LogP contribution in [-0.2, 0) is 0 Å². The quantitative estimate of drug-likeness (QED) is 0.731. The van der Waals surface area contributed by atoms with Crippen LogP contribution in [0, 0.1) is 5.41 Å². The maximum Gasteiger partial charge on any atom is 0.389 e. The molecule has 1 unspecified atom stereocenters. The fraction of sp³-hybridized carbons (Fsp3) is 1.00. The highest BCUT2D eigenvalue weighted by Crippen LogP contribution is 2.35. The van der Waals surface area contributed by atoms with Crippen LogP contribution in [0.3, 0.4) is 0 Å². The van der Waals surface area contributed by atoms with Crippen molar-refractivity contribution in [2.75, 3.05) is 6.54 Å². The van der Waals surface area contributed by atoms with Gasteiger partial charge in [0.1, 0.15) is 0 Å². The molecular weight excluding hydrogens is 215 g/mol. The van der Waals surface area contributed by atoms with Crippen LogP contribution in [0.2, 0.25) is 0 Å². The van der Waals surface area contributed by atoms with Gasteiger partial charge in [0.2, 0.25) is 0 Å². The largest absolute Gasteiger partial charge is 0.389 e. The van der Waals surface area contributed by atoms with Gasteiger partial charge in [0.05, 0.1) is 0 Å². The zero-order chi connectivity index (χ0) is 12.2. The second-order valence-corrected chi connectivity index (χ2v) is 5.63. The van der Waals surface area contributed by atoms with Crippen molar-refractivity contribution in [1.29, 1.82) is 0 Å². The smallest absolute Gasteiger partial charge is 0.314 e. The molecule has 0 amide bonds. The molecule has 0 aliphatic heterocycles. The van der Waals surface area contributed by atoms with E-state index in [0.29, 0.717) is 18.0 Å². The minimum atomic E-state index is -4.01. The minimum absolute atomic E-state index is 0.195. The summed E-state index contributed by atoms with van der Waals surface area (Å²) in [7, 11) is 0. The van der Waals surface area contributed by atoms with Gasteiger partial charge in [0.25, 0.3) is 0 Å². The summed E-state index contributed by atoms with van der Waals surface area (Å²) in [6.07, 6.45) is 0.121. The molecule has 1 nitrogen and oxygen atoms in total. The van der Waals surface area contributed by atoms with Gasteiger partial charge in [-0.1, -0.05) is 20.3 Å². The number of alkyl halides is 3. The first-order valence-corrected chi connectivity index (χ1v) is 6.09. The van der Waals surface area contributed by atoms with Crippen molar-refractivity contribution in [1.82, 2.24) is 5.32 Å². The molecule has 0 saturated heterocycles. The third-order valence-corrected chi connectivity index (χ3v) is 3.28. The zero-order valence-electron chi connectivity index (χ0n) is 10.2. The lowest BCUT2D eigenvalue weighted by Gasteiger charge is -2.35. The summed E-state index contributed by atoms with van der Waals surface area (Å²) < 4.78 is 35.7. The van der Waals surface area contributed by atoms with Crippen LogP contribution in [-0.4, -0.2) is 18.8 Å². The lowest BCUT2D eigenvalue weighted by molar-refractivity contribution is -0.135. The van der Waals surface area contributed by atoms with Crippen molar-refractivity contribution in [3.63, 3.8) is 0 Å². The Morgan fingerprint density at radius 2 is 2.00 bits per heavy atom. The average Bonchev–Trinajstić information content (AvgIpc) is 2.09. The predicted molar refractivity (Wildman–Crippen MR) is 59.3 cm³/mol. The molecule has 0 aromatic heterocycles. The van der Waals surface area contributed by atoms with E-state index >= 15 is 0 Å². The molecule has 1 N–H and O–H groups in total. The van der Waals surface area contributed by atoms with Crippen LogP contribution in [0.5, 0.6) is 0 Å². The maximum atomic E-state index is 11.9. The molecule has 16 heavy (non-hydrogen) atoms. The number of hydrogen-bond donors (Lipinski definition) is 1. The normalized spacial score (nSPS) is 25.7. The maximum absolute atomic E-state index is 11.9. The molecule has 0 aromatic carbocycles. The molecule has 4 heteroatoms. The molecule has 0 bridgehead atoms. The van der Waals surface area contributed by atoms with Gasteiger partial charge in [-0.2, -0.15) is 13.2 Å². The lowest BCUT2D eigenvalue weighted by Crippen LogP contribution is -2.37. The molecule has 1 aliphatic carbocycles. The third kappa shape index (κ3) is 5.73. The molecule has 1 aliphatic rings. The van der Waals surface area contributed by atoms with E-state index in [1.165, 1.54) is 12.8 Å². The van der Waals surface area contributed by atoms with E-state index in [0.717, 1.165) is 12.8 Å². The molecule has 1 rings (SSSR count). The molecule has 96 valence electrons. The average molecular weight is 237 g/mol. The van der Waals surface area contributed by atoms with Crippen molar-refractivity contribution in [3.05, 3.63) is 0 Å². The highest BCUT2D eigenvalue weighted by atomic mass is 19.4. The monoisotopic (exact) mass is 237 g/mol. The molecular formula is C12H22F3N. The highest BCUT2D eigenvalue weighted by Gasteiger charge is 2.28. The Balaban J connectivity index is 2.13. The van der Waals surface area contributed by atoms with E-state index in [1.54, 1.807) is 0 Å². The topological polar surface area (TPSA) is 12.0 Å². The Hall–Kier alpha value is -0.250. The fourth-order valence-electron chi connectivity index (χ4n) is 2.47. The summed E-state index contributed by atoms with van der Waals surface area (Å²) in [6, 6.07) is 0.414. The first-order chi connectivity index (χ1) is 7.29. The Bertz CT molecular complexity index is 211. The summed E-state index contributed by atoms with van der Waals surface area (Å²) in [5.74, 6) is 0. The van der Waals surface area contributed by atoms with Crippen molar-refractivity contribution >= 4 is 0 Å². The van der Waals surface area contributed by atoms with Crippen molar-refractivity contribution in [2.24, 2.45) is 5.41 Å². The standard InChI is InChI=1S/C12H22F3N/c1-11(2)6-3-5-10(9-11)16-8-4-7-12(13,14)15/h10,16H,3-9H2,1-2H3. The van der Waals surface area contributed by atoms with Crippen LogP contribution in [0.25, 0.3) is 0 Å². The molecule has 0 spiro atoms. The van der Waals surface area contributed by atoms with Crippen LogP contribution in [0.15, 0.2) is 0 Å². The van der Waals surface area contributed by atoms with Gasteiger partial charge in [-0.3, -0.25) is 0 Å². The minimum Gasteiger partial charge on any atom is -0.314 e. The zero-order valence-corrected chi connectivity index (χ0v) is 10.2. The summed E-state index contributed by atoms with van der Waals surface area (Å²) in [5.41, 5.74) is 0.347. The van der Waals surface area contributed by atoms with Gasteiger partial charge in [-0.05, 0) is 37.6 Å². The summed E-state index contributed by atoms with van der Waals surface area (Å²) in [6.45, 7) is 4.95. The van der Waals surface area contributed by atoms with Gasteiger partial charge in [0.15, 0.2) is 0 Å². The van der Waals surface area contributed by atoms with Gasteiger partial charge in [-0.25, -0.2) is 0 Å². The fourth-order valence-corrected chi connectivity index (χ4v) is 2.47. The number of nitrogens with one attached hydrogen (secondary N) is 1.